The first-order chi connectivity index (χ1) is 6.08. The summed E-state index contributed by atoms with van der Waals surface area (Å²) in [5, 5.41) is 9.26. The molecular formula is C11H25NO2. The average molecular weight is 203 g/mol. The first kappa shape index (κ1) is 15.9. The molecule has 3 heteroatoms. The Labute approximate surface area is 87.5 Å². The van der Waals surface area contributed by atoms with Gasteiger partial charge in [0.15, 0.2) is 0 Å². The molecular weight excluding hydrogens is 178 g/mol. The zero-order valence-corrected chi connectivity index (χ0v) is 9.97. The third-order valence-electron chi connectivity index (χ3n) is 3.45. The Morgan fingerprint density at radius 2 is 1.50 bits per heavy atom. The van der Waals surface area contributed by atoms with Crippen LogP contribution >= 0.6 is 0 Å². The minimum atomic E-state index is -0.619. The quantitative estimate of drug-likeness (QED) is 0.694. The van der Waals surface area contributed by atoms with Crippen molar-refractivity contribution in [3.63, 3.8) is 0 Å². The highest BCUT2D eigenvalue weighted by atomic mass is 16.4. The van der Waals surface area contributed by atoms with Gasteiger partial charge in [-0.25, -0.2) is 0 Å². The summed E-state index contributed by atoms with van der Waals surface area (Å²) in [7, 11) is 0. The van der Waals surface area contributed by atoms with E-state index in [1.54, 1.807) is 0 Å². The number of rotatable bonds is 6. The molecule has 0 atom stereocenters. The Balaban J connectivity index is 0. The highest BCUT2D eigenvalue weighted by Gasteiger charge is 2.40. The van der Waals surface area contributed by atoms with E-state index < -0.39 is 11.4 Å². The van der Waals surface area contributed by atoms with E-state index in [1.807, 2.05) is 13.8 Å². The van der Waals surface area contributed by atoms with Gasteiger partial charge in [-0.2, -0.15) is 0 Å². The molecule has 0 bridgehead atoms. The number of hydrogen-bond donors (Lipinski definition) is 2. The van der Waals surface area contributed by atoms with E-state index in [2.05, 4.69) is 13.8 Å². The molecule has 0 saturated heterocycles. The van der Waals surface area contributed by atoms with Crippen LogP contribution in [-0.4, -0.2) is 11.1 Å². The van der Waals surface area contributed by atoms with Gasteiger partial charge in [-0.15, -0.1) is 0 Å². The fourth-order valence-corrected chi connectivity index (χ4v) is 2.37. The molecule has 0 fully saturated rings. The topological polar surface area (TPSA) is 72.3 Å². The summed E-state index contributed by atoms with van der Waals surface area (Å²) >= 11 is 0. The molecule has 0 aliphatic rings. The zero-order chi connectivity index (χ0) is 10.5. The van der Waals surface area contributed by atoms with Crippen LogP contribution in [0.4, 0.5) is 0 Å². The molecule has 0 aromatic carbocycles. The van der Waals surface area contributed by atoms with Crippen LogP contribution < -0.4 is 6.15 Å². The lowest BCUT2D eigenvalue weighted by Gasteiger charge is -2.34. The van der Waals surface area contributed by atoms with Gasteiger partial charge >= 0.3 is 5.97 Å². The van der Waals surface area contributed by atoms with Crippen molar-refractivity contribution in [3.05, 3.63) is 0 Å². The third-order valence-corrected chi connectivity index (χ3v) is 3.45. The average Bonchev–Trinajstić information content (AvgIpc) is 2.13. The fraction of sp³-hybridized carbons (Fsp3) is 0.909. The molecule has 0 spiro atoms. The second-order valence-electron chi connectivity index (χ2n) is 3.68. The summed E-state index contributed by atoms with van der Waals surface area (Å²) in [6, 6.07) is 0. The smallest absolute Gasteiger partial charge is 0.309 e. The monoisotopic (exact) mass is 203 g/mol. The maximum absolute atomic E-state index is 11.2. The van der Waals surface area contributed by atoms with Crippen molar-refractivity contribution in [1.82, 2.24) is 6.15 Å². The molecule has 0 aliphatic heterocycles. The van der Waals surface area contributed by atoms with E-state index >= 15 is 0 Å². The highest BCUT2D eigenvalue weighted by molar-refractivity contribution is 5.74. The molecule has 3 nitrogen and oxygen atoms in total. The molecule has 4 N–H and O–H groups in total. The van der Waals surface area contributed by atoms with E-state index in [0.717, 1.165) is 25.7 Å². The molecule has 0 radical (unpaired) electrons. The van der Waals surface area contributed by atoms with Gasteiger partial charge in [-0.3, -0.25) is 4.79 Å². The van der Waals surface area contributed by atoms with Crippen molar-refractivity contribution >= 4 is 5.97 Å². The minimum Gasteiger partial charge on any atom is -0.481 e. The van der Waals surface area contributed by atoms with Gasteiger partial charge in [0, 0.05) is 0 Å². The second-order valence-corrected chi connectivity index (χ2v) is 3.68. The lowest BCUT2D eigenvalue weighted by atomic mass is 9.69. The van der Waals surface area contributed by atoms with Crippen LogP contribution in [0.15, 0.2) is 0 Å². The summed E-state index contributed by atoms with van der Waals surface area (Å²) in [6.45, 7) is 8.13. The lowest BCUT2D eigenvalue weighted by molar-refractivity contribution is -0.153. The van der Waals surface area contributed by atoms with Gasteiger partial charge < -0.3 is 11.3 Å². The second kappa shape index (κ2) is 6.82. The Kier molecular flexibility index (Phi) is 7.74. The van der Waals surface area contributed by atoms with Crippen molar-refractivity contribution in [2.24, 2.45) is 11.3 Å². The van der Waals surface area contributed by atoms with Gasteiger partial charge in [0.25, 0.3) is 0 Å². The number of aliphatic carboxylic acids is 1. The predicted molar refractivity (Wildman–Crippen MR) is 59.7 cm³/mol. The summed E-state index contributed by atoms with van der Waals surface area (Å²) in [6.07, 6.45) is 3.41. The van der Waals surface area contributed by atoms with Gasteiger partial charge in [-0.05, 0) is 18.8 Å². The van der Waals surface area contributed by atoms with Gasteiger partial charge in [0.2, 0.25) is 0 Å². The minimum absolute atomic E-state index is 0. The Morgan fingerprint density at radius 3 is 1.57 bits per heavy atom. The summed E-state index contributed by atoms with van der Waals surface area (Å²) in [4.78, 5) is 11.2. The fourth-order valence-electron chi connectivity index (χ4n) is 2.37. The lowest BCUT2D eigenvalue weighted by Crippen LogP contribution is -2.37. The maximum Gasteiger partial charge on any atom is 0.309 e. The summed E-state index contributed by atoms with van der Waals surface area (Å²) < 4.78 is 0. The first-order valence-electron chi connectivity index (χ1n) is 5.32. The first-order valence-corrected chi connectivity index (χ1v) is 5.32. The van der Waals surface area contributed by atoms with Crippen molar-refractivity contribution in [2.45, 2.75) is 53.4 Å². The number of hydrogen-bond acceptors (Lipinski definition) is 2. The number of carboxylic acid groups (broad SMARTS) is 1. The van der Waals surface area contributed by atoms with E-state index in [1.165, 1.54) is 0 Å². The van der Waals surface area contributed by atoms with Crippen LogP contribution in [0.2, 0.25) is 0 Å². The molecule has 0 unspecified atom stereocenters. The van der Waals surface area contributed by atoms with Crippen molar-refractivity contribution in [2.75, 3.05) is 0 Å². The molecule has 86 valence electrons. The number of carbonyl (C=O) groups is 1. The van der Waals surface area contributed by atoms with E-state index in [4.69, 9.17) is 0 Å². The van der Waals surface area contributed by atoms with E-state index in [9.17, 15) is 9.90 Å². The summed E-state index contributed by atoms with van der Waals surface area (Å²) in [5.74, 6) is -0.300. The standard InChI is InChI=1S/C11H22O2.H3N/c1-5-9(6-2)11(7-3,8-4)10(12)13;/h9H,5-8H2,1-4H3,(H,12,13);1H3. The van der Waals surface area contributed by atoms with Gasteiger partial charge in [-0.1, -0.05) is 40.5 Å². The molecule has 0 saturated carbocycles. The molecule has 0 heterocycles. The Hall–Kier alpha value is -0.570. The van der Waals surface area contributed by atoms with Crippen LogP contribution in [0.5, 0.6) is 0 Å². The maximum atomic E-state index is 11.2. The van der Waals surface area contributed by atoms with E-state index in [0.29, 0.717) is 5.92 Å². The van der Waals surface area contributed by atoms with Crippen LogP contribution in [0, 0.1) is 11.3 Å². The van der Waals surface area contributed by atoms with Crippen LogP contribution in [0.25, 0.3) is 0 Å². The SMILES string of the molecule is CCC(CC)C(CC)(CC)C(=O)O.N. The highest BCUT2D eigenvalue weighted by Crippen LogP contribution is 2.39. The van der Waals surface area contributed by atoms with Crippen LogP contribution in [0.1, 0.15) is 53.4 Å². The molecule has 0 rings (SSSR count). The Bertz CT molecular complexity index is 161. The largest absolute Gasteiger partial charge is 0.481 e. The van der Waals surface area contributed by atoms with Crippen molar-refractivity contribution in [3.8, 4) is 0 Å². The normalized spacial score (nSPS) is 11.2. The van der Waals surface area contributed by atoms with Crippen molar-refractivity contribution in [1.29, 1.82) is 0 Å². The van der Waals surface area contributed by atoms with Crippen LogP contribution in [-0.2, 0) is 4.79 Å². The molecule has 0 aromatic heterocycles. The predicted octanol–water partition coefficient (Wildman–Crippen LogP) is 3.48. The number of carboxylic acids is 1. The molecule has 14 heavy (non-hydrogen) atoms. The molecule has 0 aliphatic carbocycles. The van der Waals surface area contributed by atoms with E-state index in [-0.39, 0.29) is 6.15 Å². The molecule has 0 aromatic rings. The zero-order valence-electron chi connectivity index (χ0n) is 9.97. The third kappa shape index (κ3) is 2.71. The van der Waals surface area contributed by atoms with Crippen molar-refractivity contribution < 1.29 is 9.90 Å². The van der Waals surface area contributed by atoms with Crippen LogP contribution in [0.3, 0.4) is 0 Å². The van der Waals surface area contributed by atoms with Gasteiger partial charge in [0.05, 0.1) is 5.41 Å². The summed E-state index contributed by atoms with van der Waals surface area (Å²) in [5.41, 5.74) is -0.483. The van der Waals surface area contributed by atoms with Gasteiger partial charge in [0.1, 0.15) is 0 Å². The Morgan fingerprint density at radius 1 is 1.14 bits per heavy atom. The molecule has 0 amide bonds.